The fourth-order valence-corrected chi connectivity index (χ4v) is 4.28. The highest BCUT2D eigenvalue weighted by atomic mass is 19.1. The topological polar surface area (TPSA) is 47.2 Å². The lowest BCUT2D eigenvalue weighted by molar-refractivity contribution is -1.02. The highest BCUT2D eigenvalue weighted by Crippen LogP contribution is 2.25. The van der Waals surface area contributed by atoms with Crippen LogP contribution in [0.2, 0.25) is 0 Å². The number of amides is 1. The van der Waals surface area contributed by atoms with E-state index in [2.05, 4.69) is 23.5 Å². The fraction of sp³-hybridized carbons (Fsp3) is 0.435. The number of halogens is 1. The van der Waals surface area contributed by atoms with Crippen LogP contribution >= 0.6 is 0 Å². The van der Waals surface area contributed by atoms with Gasteiger partial charge in [-0.1, -0.05) is 18.2 Å². The van der Waals surface area contributed by atoms with Crippen molar-refractivity contribution < 1.29 is 23.7 Å². The molecule has 1 saturated heterocycles. The van der Waals surface area contributed by atoms with Gasteiger partial charge in [-0.25, -0.2) is 4.39 Å². The molecule has 2 aliphatic rings. The number of hydrogen-bond acceptors (Lipinski definition) is 2. The number of carbonyl (C=O) groups excluding carboxylic acids is 1. The van der Waals surface area contributed by atoms with Crippen LogP contribution in [-0.4, -0.2) is 51.8 Å². The minimum absolute atomic E-state index is 0.0541. The van der Waals surface area contributed by atoms with Crippen LogP contribution in [0.25, 0.3) is 0 Å². The van der Waals surface area contributed by atoms with Gasteiger partial charge in [-0.3, -0.25) is 4.79 Å². The number of benzene rings is 2. The van der Waals surface area contributed by atoms with Gasteiger partial charge in [0.05, 0.1) is 6.61 Å². The second kappa shape index (κ2) is 9.37. The maximum atomic E-state index is 13.6. The molecule has 2 heterocycles. The summed E-state index contributed by atoms with van der Waals surface area (Å²) < 4.78 is 19.2. The molecule has 0 unspecified atom stereocenters. The SMILES string of the molecule is O=C(C[NH+]1CC[NH+](Cc2ccc3c(c2)CCO3)CC1)NCCc1ccccc1F. The van der Waals surface area contributed by atoms with Crippen LogP contribution in [0.5, 0.6) is 5.75 Å². The molecule has 0 aliphatic carbocycles. The van der Waals surface area contributed by atoms with Crippen molar-refractivity contribution in [3.63, 3.8) is 0 Å². The fourth-order valence-electron chi connectivity index (χ4n) is 4.28. The Bertz CT molecular complexity index is 850. The number of rotatable bonds is 7. The van der Waals surface area contributed by atoms with Gasteiger partial charge in [0.1, 0.15) is 44.3 Å². The van der Waals surface area contributed by atoms with E-state index in [4.69, 9.17) is 4.74 Å². The summed E-state index contributed by atoms with van der Waals surface area (Å²) in [5, 5.41) is 2.94. The van der Waals surface area contributed by atoms with E-state index in [0.717, 1.165) is 51.5 Å². The van der Waals surface area contributed by atoms with Crippen molar-refractivity contribution >= 4 is 5.91 Å². The van der Waals surface area contributed by atoms with Crippen molar-refractivity contribution in [3.05, 3.63) is 65.0 Å². The van der Waals surface area contributed by atoms with Crippen molar-refractivity contribution in [2.24, 2.45) is 0 Å². The second-order valence-electron chi connectivity index (χ2n) is 8.09. The first-order chi connectivity index (χ1) is 14.2. The Morgan fingerprint density at radius 2 is 1.86 bits per heavy atom. The number of piperazine rings is 1. The summed E-state index contributed by atoms with van der Waals surface area (Å²) in [6, 6.07) is 13.3. The molecule has 154 valence electrons. The standard InChI is InChI=1S/C23H28FN3O2/c24-21-4-2-1-3-19(21)7-9-25-23(28)17-27-12-10-26(11-13-27)16-18-5-6-22-20(15-18)8-14-29-22/h1-6,15H,7-14,16-17H2,(H,25,28)/p+2. The molecule has 0 atom stereocenters. The maximum Gasteiger partial charge on any atom is 0.275 e. The molecule has 0 saturated carbocycles. The van der Waals surface area contributed by atoms with Crippen LogP contribution in [0, 0.1) is 5.82 Å². The van der Waals surface area contributed by atoms with Gasteiger partial charge in [0.15, 0.2) is 6.54 Å². The molecule has 2 aliphatic heterocycles. The molecule has 1 amide bonds. The molecule has 29 heavy (non-hydrogen) atoms. The summed E-state index contributed by atoms with van der Waals surface area (Å²) in [6.07, 6.45) is 1.54. The predicted octanol–water partition coefficient (Wildman–Crippen LogP) is -0.597. The molecule has 0 radical (unpaired) electrons. The Balaban J connectivity index is 1.16. The molecule has 6 heteroatoms. The highest BCUT2D eigenvalue weighted by molar-refractivity contribution is 5.76. The van der Waals surface area contributed by atoms with Crippen LogP contribution in [0.3, 0.4) is 0 Å². The van der Waals surface area contributed by atoms with Gasteiger partial charge in [-0.05, 0) is 41.8 Å². The number of hydrogen-bond donors (Lipinski definition) is 3. The first-order valence-corrected chi connectivity index (χ1v) is 10.6. The van der Waals surface area contributed by atoms with Crippen molar-refractivity contribution in [2.45, 2.75) is 19.4 Å². The molecule has 4 rings (SSSR count). The monoisotopic (exact) mass is 399 g/mol. The van der Waals surface area contributed by atoms with Gasteiger partial charge in [-0.2, -0.15) is 0 Å². The molecule has 0 bridgehead atoms. The van der Waals surface area contributed by atoms with Gasteiger partial charge in [-0.15, -0.1) is 0 Å². The van der Waals surface area contributed by atoms with E-state index in [0.29, 0.717) is 25.1 Å². The minimum atomic E-state index is -0.206. The molecular formula is C23H30FN3O2+2. The molecule has 3 N–H and O–H groups in total. The van der Waals surface area contributed by atoms with E-state index in [-0.39, 0.29) is 11.7 Å². The van der Waals surface area contributed by atoms with Gasteiger partial charge in [0, 0.05) is 18.5 Å². The summed E-state index contributed by atoms with van der Waals surface area (Å²) in [5.41, 5.74) is 3.35. The molecule has 1 fully saturated rings. The number of ether oxygens (including phenoxy) is 1. The third-order valence-electron chi connectivity index (χ3n) is 5.96. The summed E-state index contributed by atoms with van der Waals surface area (Å²) in [7, 11) is 0. The van der Waals surface area contributed by atoms with E-state index in [1.807, 2.05) is 6.07 Å². The van der Waals surface area contributed by atoms with Crippen LogP contribution < -0.4 is 19.9 Å². The van der Waals surface area contributed by atoms with Crippen molar-refractivity contribution in [3.8, 4) is 5.75 Å². The summed E-state index contributed by atoms with van der Waals surface area (Å²) in [5.74, 6) is 0.889. The summed E-state index contributed by atoms with van der Waals surface area (Å²) in [4.78, 5) is 15.1. The average molecular weight is 400 g/mol. The first kappa shape index (κ1) is 19.9. The van der Waals surface area contributed by atoms with Gasteiger partial charge in [0.25, 0.3) is 5.91 Å². The largest absolute Gasteiger partial charge is 0.493 e. The molecule has 0 aromatic heterocycles. The Morgan fingerprint density at radius 3 is 2.69 bits per heavy atom. The quantitative estimate of drug-likeness (QED) is 0.583. The molecule has 5 nitrogen and oxygen atoms in total. The van der Waals surface area contributed by atoms with E-state index in [1.165, 1.54) is 22.1 Å². The van der Waals surface area contributed by atoms with E-state index in [9.17, 15) is 9.18 Å². The van der Waals surface area contributed by atoms with Crippen molar-refractivity contribution in [1.82, 2.24) is 5.32 Å². The summed E-state index contributed by atoms with van der Waals surface area (Å²) >= 11 is 0. The Labute approximate surface area is 171 Å². The van der Waals surface area contributed by atoms with Crippen LogP contribution in [0.4, 0.5) is 4.39 Å². The molecular weight excluding hydrogens is 369 g/mol. The Morgan fingerprint density at radius 1 is 1.07 bits per heavy atom. The van der Waals surface area contributed by atoms with E-state index < -0.39 is 0 Å². The molecule has 2 aromatic rings. The third-order valence-corrected chi connectivity index (χ3v) is 5.96. The number of fused-ring (bicyclic) bond motifs is 1. The predicted molar refractivity (Wildman–Crippen MR) is 109 cm³/mol. The minimum Gasteiger partial charge on any atom is -0.493 e. The number of nitrogens with one attached hydrogen (secondary N) is 3. The average Bonchev–Trinajstić information content (AvgIpc) is 3.19. The van der Waals surface area contributed by atoms with Crippen LogP contribution in [-0.2, 0) is 24.2 Å². The lowest BCUT2D eigenvalue weighted by Crippen LogP contribution is -3.28. The van der Waals surface area contributed by atoms with E-state index in [1.54, 1.807) is 17.0 Å². The van der Waals surface area contributed by atoms with Crippen molar-refractivity contribution in [2.75, 3.05) is 45.9 Å². The highest BCUT2D eigenvalue weighted by Gasteiger charge is 2.25. The van der Waals surface area contributed by atoms with Crippen molar-refractivity contribution in [1.29, 1.82) is 0 Å². The third kappa shape index (κ3) is 5.34. The summed E-state index contributed by atoms with van der Waals surface area (Å²) in [6.45, 7) is 6.98. The zero-order valence-corrected chi connectivity index (χ0v) is 16.8. The van der Waals surface area contributed by atoms with Crippen LogP contribution in [0.1, 0.15) is 16.7 Å². The first-order valence-electron chi connectivity index (χ1n) is 10.6. The Hall–Kier alpha value is -2.44. The Kier molecular flexibility index (Phi) is 6.42. The van der Waals surface area contributed by atoms with Gasteiger partial charge < -0.3 is 19.9 Å². The normalized spacial score (nSPS) is 20.7. The lowest BCUT2D eigenvalue weighted by atomic mass is 10.1. The molecule has 0 spiro atoms. The van der Waals surface area contributed by atoms with Gasteiger partial charge in [0.2, 0.25) is 0 Å². The lowest BCUT2D eigenvalue weighted by Gasteiger charge is -2.29. The van der Waals surface area contributed by atoms with Crippen LogP contribution in [0.15, 0.2) is 42.5 Å². The maximum absolute atomic E-state index is 13.6. The van der Waals surface area contributed by atoms with Gasteiger partial charge >= 0.3 is 0 Å². The second-order valence-corrected chi connectivity index (χ2v) is 8.09. The molecule has 2 aromatic carbocycles. The zero-order valence-electron chi connectivity index (χ0n) is 16.8. The smallest absolute Gasteiger partial charge is 0.275 e. The number of carbonyl (C=O) groups is 1. The zero-order chi connectivity index (χ0) is 20.1. The number of quaternary nitrogens is 2. The van der Waals surface area contributed by atoms with E-state index >= 15 is 0 Å².